The van der Waals surface area contributed by atoms with E-state index in [-0.39, 0.29) is 5.78 Å². The first kappa shape index (κ1) is 14.0. The average molecular weight is 256 g/mol. The Bertz CT molecular complexity index is 416. The summed E-state index contributed by atoms with van der Waals surface area (Å²) in [6.07, 6.45) is 0.633. The Morgan fingerprint density at radius 3 is 2.59 bits per heavy atom. The van der Waals surface area contributed by atoms with Crippen LogP contribution in [0.3, 0.4) is 0 Å². The van der Waals surface area contributed by atoms with Crippen molar-refractivity contribution in [3.05, 3.63) is 28.8 Å². The highest BCUT2D eigenvalue weighted by Crippen LogP contribution is 2.30. The maximum atomic E-state index is 12.3. The number of nitrogens with two attached hydrogens (primary N) is 1. The summed E-state index contributed by atoms with van der Waals surface area (Å²) in [5.74, 6) is 0.652. The van der Waals surface area contributed by atoms with Gasteiger partial charge in [0.15, 0.2) is 5.78 Å². The number of methoxy groups -OCH3 is 1. The third kappa shape index (κ3) is 3.20. The van der Waals surface area contributed by atoms with E-state index in [1.165, 1.54) is 0 Å². The van der Waals surface area contributed by atoms with Crippen molar-refractivity contribution >= 4 is 17.4 Å². The average Bonchev–Trinajstić information content (AvgIpc) is 2.28. The van der Waals surface area contributed by atoms with Crippen molar-refractivity contribution in [2.24, 2.45) is 11.1 Å². The van der Waals surface area contributed by atoms with Crippen LogP contribution in [0.2, 0.25) is 5.02 Å². The summed E-state index contributed by atoms with van der Waals surface area (Å²) >= 11 is 6.08. The summed E-state index contributed by atoms with van der Waals surface area (Å²) in [6.45, 7) is 4.23. The quantitative estimate of drug-likeness (QED) is 0.823. The van der Waals surface area contributed by atoms with Crippen LogP contribution < -0.4 is 10.5 Å². The second-order valence-electron chi connectivity index (χ2n) is 4.60. The van der Waals surface area contributed by atoms with E-state index in [0.29, 0.717) is 29.3 Å². The van der Waals surface area contributed by atoms with E-state index in [9.17, 15) is 4.79 Å². The van der Waals surface area contributed by atoms with Crippen LogP contribution in [0, 0.1) is 5.41 Å². The van der Waals surface area contributed by atoms with Gasteiger partial charge in [-0.25, -0.2) is 0 Å². The maximum absolute atomic E-state index is 12.3. The van der Waals surface area contributed by atoms with Gasteiger partial charge in [-0.2, -0.15) is 0 Å². The molecule has 0 aliphatic carbocycles. The van der Waals surface area contributed by atoms with Crippen molar-refractivity contribution in [1.82, 2.24) is 0 Å². The van der Waals surface area contributed by atoms with Gasteiger partial charge in [0, 0.05) is 11.0 Å². The van der Waals surface area contributed by atoms with E-state index >= 15 is 0 Å². The molecule has 17 heavy (non-hydrogen) atoms. The summed E-state index contributed by atoms with van der Waals surface area (Å²) in [4.78, 5) is 12.3. The van der Waals surface area contributed by atoms with Crippen LogP contribution in [0.25, 0.3) is 0 Å². The molecule has 0 heterocycles. The Labute approximate surface area is 107 Å². The lowest BCUT2D eigenvalue weighted by atomic mass is 9.81. The lowest BCUT2D eigenvalue weighted by molar-refractivity contribution is 0.0829. The third-order valence-corrected chi connectivity index (χ3v) is 3.12. The second kappa shape index (κ2) is 5.52. The first-order valence-corrected chi connectivity index (χ1v) is 5.88. The number of benzene rings is 1. The van der Waals surface area contributed by atoms with E-state index in [1.54, 1.807) is 25.3 Å². The molecule has 0 fully saturated rings. The number of Topliss-reactive ketones (excluding diaryl/α,β-unsaturated/α-hetero) is 1. The summed E-state index contributed by atoms with van der Waals surface area (Å²) in [5.41, 5.74) is 5.54. The van der Waals surface area contributed by atoms with Crippen molar-refractivity contribution < 1.29 is 9.53 Å². The minimum atomic E-state index is -0.493. The smallest absolute Gasteiger partial charge is 0.169 e. The van der Waals surface area contributed by atoms with Gasteiger partial charge in [-0.05, 0) is 31.2 Å². The summed E-state index contributed by atoms with van der Waals surface area (Å²) in [7, 11) is 1.56. The Hall–Kier alpha value is -1.06. The van der Waals surface area contributed by atoms with Gasteiger partial charge in [0.1, 0.15) is 5.75 Å². The Morgan fingerprint density at radius 1 is 1.47 bits per heavy atom. The summed E-state index contributed by atoms with van der Waals surface area (Å²) < 4.78 is 5.05. The molecular weight excluding hydrogens is 238 g/mol. The molecule has 0 atom stereocenters. The predicted molar refractivity (Wildman–Crippen MR) is 69.8 cm³/mol. The molecule has 1 aromatic carbocycles. The topological polar surface area (TPSA) is 52.3 Å². The standard InChI is InChI=1S/C13H18ClNO2/c1-13(2,6-7-15)12(16)10-5-4-9(17-3)8-11(10)14/h4-5,8H,6-7,15H2,1-3H3. The predicted octanol–water partition coefficient (Wildman–Crippen LogP) is 2.91. The fourth-order valence-corrected chi connectivity index (χ4v) is 1.90. The van der Waals surface area contributed by atoms with Gasteiger partial charge in [-0.1, -0.05) is 25.4 Å². The number of hydrogen-bond acceptors (Lipinski definition) is 3. The molecule has 0 aromatic heterocycles. The SMILES string of the molecule is COc1ccc(C(=O)C(C)(C)CCN)c(Cl)c1. The fourth-order valence-electron chi connectivity index (χ4n) is 1.65. The molecular formula is C13H18ClNO2. The lowest BCUT2D eigenvalue weighted by Gasteiger charge is -2.22. The zero-order valence-corrected chi connectivity index (χ0v) is 11.2. The van der Waals surface area contributed by atoms with Crippen LogP contribution in [0.15, 0.2) is 18.2 Å². The zero-order valence-electron chi connectivity index (χ0n) is 10.4. The van der Waals surface area contributed by atoms with Gasteiger partial charge in [0.2, 0.25) is 0 Å². The van der Waals surface area contributed by atoms with Crippen molar-refractivity contribution in [3.63, 3.8) is 0 Å². The van der Waals surface area contributed by atoms with E-state index in [1.807, 2.05) is 13.8 Å². The molecule has 4 heteroatoms. The van der Waals surface area contributed by atoms with Gasteiger partial charge >= 0.3 is 0 Å². The normalized spacial score (nSPS) is 11.4. The van der Waals surface area contributed by atoms with Gasteiger partial charge in [0.25, 0.3) is 0 Å². The van der Waals surface area contributed by atoms with Gasteiger partial charge in [-0.15, -0.1) is 0 Å². The van der Waals surface area contributed by atoms with Crippen LogP contribution in [-0.2, 0) is 0 Å². The number of ether oxygens (including phenoxy) is 1. The largest absolute Gasteiger partial charge is 0.497 e. The molecule has 0 saturated heterocycles. The van der Waals surface area contributed by atoms with E-state index in [0.717, 1.165) is 0 Å². The van der Waals surface area contributed by atoms with E-state index in [4.69, 9.17) is 22.1 Å². The number of carbonyl (C=O) groups excluding carboxylic acids is 1. The Kier molecular flexibility index (Phi) is 4.54. The number of ketones is 1. The first-order chi connectivity index (χ1) is 7.92. The Balaban J connectivity index is 3.04. The number of rotatable bonds is 5. The number of hydrogen-bond donors (Lipinski definition) is 1. The van der Waals surface area contributed by atoms with E-state index in [2.05, 4.69) is 0 Å². The molecule has 0 saturated carbocycles. The molecule has 0 aliphatic rings. The fraction of sp³-hybridized carbons (Fsp3) is 0.462. The van der Waals surface area contributed by atoms with Crippen molar-refractivity contribution in [1.29, 1.82) is 0 Å². The van der Waals surface area contributed by atoms with Crippen LogP contribution in [0.4, 0.5) is 0 Å². The highest BCUT2D eigenvalue weighted by molar-refractivity contribution is 6.34. The molecule has 0 radical (unpaired) electrons. The van der Waals surface area contributed by atoms with Gasteiger partial charge in [0.05, 0.1) is 12.1 Å². The van der Waals surface area contributed by atoms with Gasteiger partial charge < -0.3 is 10.5 Å². The molecule has 3 nitrogen and oxygen atoms in total. The van der Waals surface area contributed by atoms with Crippen LogP contribution >= 0.6 is 11.6 Å². The van der Waals surface area contributed by atoms with Crippen molar-refractivity contribution in [2.75, 3.05) is 13.7 Å². The minimum absolute atomic E-state index is 0.00982. The monoisotopic (exact) mass is 255 g/mol. The Morgan fingerprint density at radius 2 is 2.12 bits per heavy atom. The minimum Gasteiger partial charge on any atom is -0.497 e. The molecule has 1 rings (SSSR count). The number of halogens is 1. The van der Waals surface area contributed by atoms with Crippen molar-refractivity contribution in [2.45, 2.75) is 20.3 Å². The van der Waals surface area contributed by atoms with Gasteiger partial charge in [-0.3, -0.25) is 4.79 Å². The highest BCUT2D eigenvalue weighted by Gasteiger charge is 2.29. The number of carbonyl (C=O) groups is 1. The van der Waals surface area contributed by atoms with Crippen LogP contribution in [-0.4, -0.2) is 19.4 Å². The maximum Gasteiger partial charge on any atom is 0.169 e. The molecule has 0 spiro atoms. The van der Waals surface area contributed by atoms with E-state index < -0.39 is 5.41 Å². The molecule has 94 valence electrons. The molecule has 0 aliphatic heterocycles. The third-order valence-electron chi connectivity index (χ3n) is 2.80. The van der Waals surface area contributed by atoms with Crippen LogP contribution in [0.1, 0.15) is 30.6 Å². The summed E-state index contributed by atoms with van der Waals surface area (Å²) in [5, 5.41) is 0.416. The molecule has 0 unspecified atom stereocenters. The lowest BCUT2D eigenvalue weighted by Crippen LogP contribution is -2.27. The molecule has 0 bridgehead atoms. The zero-order chi connectivity index (χ0) is 13.1. The van der Waals surface area contributed by atoms with Crippen molar-refractivity contribution in [3.8, 4) is 5.75 Å². The first-order valence-electron chi connectivity index (χ1n) is 5.51. The second-order valence-corrected chi connectivity index (χ2v) is 5.00. The molecule has 0 amide bonds. The van der Waals surface area contributed by atoms with Crippen LogP contribution in [0.5, 0.6) is 5.75 Å². The molecule has 2 N–H and O–H groups in total. The highest BCUT2D eigenvalue weighted by atomic mass is 35.5. The summed E-state index contributed by atoms with van der Waals surface area (Å²) in [6, 6.07) is 5.08. The molecule has 1 aromatic rings.